The first kappa shape index (κ1) is 14.0. The minimum absolute atomic E-state index is 0.0968. The van der Waals surface area contributed by atoms with Crippen LogP contribution in [0.3, 0.4) is 0 Å². The van der Waals surface area contributed by atoms with Crippen LogP contribution < -0.4 is 0 Å². The van der Waals surface area contributed by atoms with Crippen LogP contribution in [0.15, 0.2) is 0 Å². The smallest absolute Gasteiger partial charge is 0.311 e. The molecule has 0 aromatic carbocycles. The van der Waals surface area contributed by atoms with Gasteiger partial charge in [0.25, 0.3) is 0 Å². The van der Waals surface area contributed by atoms with E-state index in [1.807, 2.05) is 6.92 Å². The number of nitrogens with zero attached hydrogens (tertiary/aromatic N) is 1. The molecule has 1 fully saturated rings. The molecular formula is C13H23NO3. The second kappa shape index (κ2) is 7.30. The summed E-state index contributed by atoms with van der Waals surface area (Å²) < 4.78 is 5.08. The number of hydrogen-bond acceptors (Lipinski definition) is 3. The summed E-state index contributed by atoms with van der Waals surface area (Å²) in [5.74, 6) is -0.353. The summed E-state index contributed by atoms with van der Waals surface area (Å²) >= 11 is 0. The first-order valence-corrected chi connectivity index (χ1v) is 6.63. The van der Waals surface area contributed by atoms with Gasteiger partial charge in [-0.15, -0.1) is 0 Å². The number of likely N-dealkylation sites (tertiary alicyclic amines) is 1. The van der Waals surface area contributed by atoms with Crippen molar-refractivity contribution in [1.82, 2.24) is 4.90 Å². The Morgan fingerprint density at radius 2 is 2.12 bits per heavy atom. The molecule has 1 rings (SSSR count). The second-order valence-electron chi connectivity index (χ2n) is 4.62. The highest BCUT2D eigenvalue weighted by molar-refractivity contribution is 5.86. The second-order valence-corrected chi connectivity index (χ2v) is 4.62. The van der Waals surface area contributed by atoms with Gasteiger partial charge in [-0.25, -0.2) is 0 Å². The highest BCUT2D eigenvalue weighted by atomic mass is 16.5. The number of ether oxygens (including phenoxy) is 1. The lowest BCUT2D eigenvalue weighted by Crippen LogP contribution is -2.27. The van der Waals surface area contributed by atoms with Gasteiger partial charge in [-0.3, -0.25) is 9.59 Å². The fourth-order valence-corrected chi connectivity index (χ4v) is 2.02. The van der Waals surface area contributed by atoms with Crippen molar-refractivity contribution in [2.45, 2.75) is 46.0 Å². The molecule has 1 unspecified atom stereocenters. The Morgan fingerprint density at radius 3 is 2.76 bits per heavy atom. The average Bonchev–Trinajstić information content (AvgIpc) is 2.68. The minimum Gasteiger partial charge on any atom is -0.465 e. The van der Waals surface area contributed by atoms with Gasteiger partial charge in [0.2, 0.25) is 5.91 Å². The van der Waals surface area contributed by atoms with E-state index in [9.17, 15) is 9.59 Å². The molecule has 0 radical (unpaired) electrons. The number of carbonyl (C=O) groups is 2. The van der Waals surface area contributed by atoms with Crippen molar-refractivity contribution in [1.29, 1.82) is 0 Å². The van der Waals surface area contributed by atoms with Crippen LogP contribution in [0.4, 0.5) is 0 Å². The normalized spacial score (nSPS) is 19.8. The van der Waals surface area contributed by atoms with Crippen LogP contribution in [0.5, 0.6) is 0 Å². The summed E-state index contributed by atoms with van der Waals surface area (Å²) in [5, 5.41) is 0. The van der Waals surface area contributed by atoms with Crippen LogP contribution in [-0.2, 0) is 14.3 Å². The monoisotopic (exact) mass is 241 g/mol. The molecule has 98 valence electrons. The summed E-state index contributed by atoms with van der Waals surface area (Å²) in [7, 11) is 0. The van der Waals surface area contributed by atoms with E-state index >= 15 is 0 Å². The van der Waals surface area contributed by atoms with E-state index < -0.39 is 0 Å². The molecule has 4 heteroatoms. The Labute approximate surface area is 103 Å². The Kier molecular flexibility index (Phi) is 6.01. The third kappa shape index (κ3) is 4.36. The van der Waals surface area contributed by atoms with E-state index in [-0.39, 0.29) is 17.8 Å². The lowest BCUT2D eigenvalue weighted by molar-refractivity contribution is -0.148. The zero-order chi connectivity index (χ0) is 12.7. The van der Waals surface area contributed by atoms with Gasteiger partial charge in [-0.1, -0.05) is 26.7 Å². The van der Waals surface area contributed by atoms with Gasteiger partial charge in [0, 0.05) is 19.5 Å². The molecule has 0 aromatic rings. The van der Waals surface area contributed by atoms with E-state index in [4.69, 9.17) is 4.74 Å². The molecule has 1 heterocycles. The number of carbonyl (C=O) groups excluding carboxylic acids is 2. The topological polar surface area (TPSA) is 46.6 Å². The summed E-state index contributed by atoms with van der Waals surface area (Å²) in [6.07, 6.45) is 4.46. The van der Waals surface area contributed by atoms with Crippen LogP contribution in [-0.4, -0.2) is 36.5 Å². The van der Waals surface area contributed by atoms with Gasteiger partial charge in [0.15, 0.2) is 0 Å². The standard InChI is InChI=1S/C13H23NO3/c1-3-5-6-7-14-10-11(9-12(14)15)13(16)17-8-4-2/h11H,3-10H2,1-2H3. The summed E-state index contributed by atoms with van der Waals surface area (Å²) in [6.45, 7) is 5.88. The van der Waals surface area contributed by atoms with Gasteiger partial charge in [0.05, 0.1) is 12.5 Å². The van der Waals surface area contributed by atoms with E-state index in [0.717, 1.165) is 32.2 Å². The first-order valence-electron chi connectivity index (χ1n) is 6.63. The Morgan fingerprint density at radius 1 is 1.35 bits per heavy atom. The van der Waals surface area contributed by atoms with Crippen LogP contribution in [0.2, 0.25) is 0 Å². The predicted octanol–water partition coefficient (Wildman–Crippen LogP) is 1.98. The van der Waals surface area contributed by atoms with Crippen molar-refractivity contribution >= 4 is 11.9 Å². The highest BCUT2D eigenvalue weighted by Crippen LogP contribution is 2.19. The molecule has 17 heavy (non-hydrogen) atoms. The molecule has 4 nitrogen and oxygen atoms in total. The van der Waals surface area contributed by atoms with Crippen molar-refractivity contribution in [3.8, 4) is 0 Å². The Balaban J connectivity index is 2.32. The van der Waals surface area contributed by atoms with Crippen LogP contribution in [0.1, 0.15) is 46.0 Å². The highest BCUT2D eigenvalue weighted by Gasteiger charge is 2.34. The number of esters is 1. The van der Waals surface area contributed by atoms with E-state index in [1.54, 1.807) is 4.90 Å². The molecule has 0 N–H and O–H groups in total. The maximum absolute atomic E-state index is 11.7. The van der Waals surface area contributed by atoms with Gasteiger partial charge in [0.1, 0.15) is 0 Å². The van der Waals surface area contributed by atoms with Crippen molar-refractivity contribution in [2.75, 3.05) is 19.7 Å². The van der Waals surface area contributed by atoms with E-state index in [1.165, 1.54) is 0 Å². The van der Waals surface area contributed by atoms with Crippen molar-refractivity contribution in [3.05, 3.63) is 0 Å². The van der Waals surface area contributed by atoms with Crippen molar-refractivity contribution in [2.24, 2.45) is 5.92 Å². The SMILES string of the molecule is CCCCCN1CC(C(=O)OCCC)CC1=O. The maximum atomic E-state index is 11.7. The fourth-order valence-electron chi connectivity index (χ4n) is 2.02. The number of hydrogen-bond donors (Lipinski definition) is 0. The van der Waals surface area contributed by atoms with Crippen molar-refractivity contribution < 1.29 is 14.3 Å². The Hall–Kier alpha value is -1.06. The lowest BCUT2D eigenvalue weighted by atomic mass is 10.1. The van der Waals surface area contributed by atoms with E-state index in [0.29, 0.717) is 19.6 Å². The zero-order valence-corrected chi connectivity index (χ0v) is 10.9. The average molecular weight is 241 g/mol. The molecule has 0 bridgehead atoms. The number of unbranched alkanes of at least 4 members (excludes halogenated alkanes) is 2. The third-order valence-electron chi connectivity index (χ3n) is 3.03. The molecule has 0 saturated carbocycles. The third-order valence-corrected chi connectivity index (χ3v) is 3.03. The molecular weight excluding hydrogens is 218 g/mol. The van der Waals surface area contributed by atoms with Gasteiger partial charge < -0.3 is 9.64 Å². The largest absolute Gasteiger partial charge is 0.465 e. The fraction of sp³-hybridized carbons (Fsp3) is 0.846. The van der Waals surface area contributed by atoms with Gasteiger partial charge >= 0.3 is 5.97 Å². The van der Waals surface area contributed by atoms with Crippen molar-refractivity contribution in [3.63, 3.8) is 0 Å². The summed E-state index contributed by atoms with van der Waals surface area (Å²) in [5.41, 5.74) is 0. The lowest BCUT2D eigenvalue weighted by Gasteiger charge is -2.15. The van der Waals surface area contributed by atoms with Crippen LogP contribution >= 0.6 is 0 Å². The van der Waals surface area contributed by atoms with E-state index in [2.05, 4.69) is 6.92 Å². The minimum atomic E-state index is -0.240. The first-order chi connectivity index (χ1) is 8.19. The number of rotatable bonds is 7. The molecule has 0 aromatic heterocycles. The molecule has 1 amide bonds. The van der Waals surface area contributed by atoms with Crippen LogP contribution in [0, 0.1) is 5.92 Å². The molecule has 1 atom stereocenters. The maximum Gasteiger partial charge on any atom is 0.311 e. The zero-order valence-electron chi connectivity index (χ0n) is 10.9. The number of amides is 1. The predicted molar refractivity (Wildman–Crippen MR) is 65.5 cm³/mol. The van der Waals surface area contributed by atoms with Crippen LogP contribution in [0.25, 0.3) is 0 Å². The molecule has 1 aliphatic heterocycles. The van der Waals surface area contributed by atoms with Gasteiger partial charge in [-0.05, 0) is 12.8 Å². The molecule has 0 spiro atoms. The molecule has 0 aliphatic carbocycles. The molecule has 1 aliphatic rings. The quantitative estimate of drug-likeness (QED) is 0.506. The Bertz CT molecular complexity index is 265. The molecule has 1 saturated heterocycles. The summed E-state index contributed by atoms with van der Waals surface area (Å²) in [4.78, 5) is 25.1. The van der Waals surface area contributed by atoms with Gasteiger partial charge in [-0.2, -0.15) is 0 Å². The summed E-state index contributed by atoms with van der Waals surface area (Å²) in [6, 6.07) is 0.